The molecule has 0 unspecified atom stereocenters. The molecule has 0 N–H and O–H groups in total. The maximum absolute atomic E-state index is 14.7. The van der Waals surface area contributed by atoms with E-state index in [1.54, 1.807) is 28.7 Å². The Kier molecular flexibility index (Phi) is 5.22. The lowest BCUT2D eigenvalue weighted by atomic mass is 9.97. The summed E-state index contributed by atoms with van der Waals surface area (Å²) in [7, 11) is 0. The largest absolute Gasteiger partial charge is 0.206 e. The van der Waals surface area contributed by atoms with Gasteiger partial charge in [0.15, 0.2) is 11.6 Å². The second kappa shape index (κ2) is 7.80. The minimum absolute atomic E-state index is 0.0393. The molecule has 0 amide bonds. The molecule has 4 aromatic rings. The summed E-state index contributed by atoms with van der Waals surface area (Å²) in [6, 6.07) is 25.1. The van der Waals surface area contributed by atoms with Crippen LogP contribution in [0.4, 0.5) is 13.2 Å². The van der Waals surface area contributed by atoms with Gasteiger partial charge < -0.3 is 0 Å². The normalized spacial score (nSPS) is 10.9. The molecule has 0 spiro atoms. The minimum Gasteiger partial charge on any atom is -0.206 e. The summed E-state index contributed by atoms with van der Waals surface area (Å²) in [6.07, 6.45) is 0. The molecule has 0 aliphatic rings. The van der Waals surface area contributed by atoms with Crippen LogP contribution in [0.5, 0.6) is 0 Å². The molecule has 4 heteroatoms. The van der Waals surface area contributed by atoms with Crippen molar-refractivity contribution >= 4 is 22.6 Å². The summed E-state index contributed by atoms with van der Waals surface area (Å²) in [5, 5.41) is 0. The molecule has 0 aromatic heterocycles. The highest BCUT2D eigenvalue weighted by molar-refractivity contribution is 14.1. The average Bonchev–Trinajstić information content (AvgIpc) is 2.73. The highest BCUT2D eigenvalue weighted by atomic mass is 127. The van der Waals surface area contributed by atoms with Gasteiger partial charge in [-0.25, -0.2) is 13.2 Å². The molecule has 0 heterocycles. The Labute approximate surface area is 174 Å². The zero-order valence-electron chi connectivity index (χ0n) is 14.6. The van der Waals surface area contributed by atoms with Crippen molar-refractivity contribution in [3.63, 3.8) is 0 Å². The molecule has 0 aliphatic carbocycles. The van der Waals surface area contributed by atoms with Crippen LogP contribution in [0, 0.1) is 21.0 Å². The van der Waals surface area contributed by atoms with Crippen molar-refractivity contribution in [2.45, 2.75) is 0 Å². The summed E-state index contributed by atoms with van der Waals surface area (Å²) in [4.78, 5) is 0. The van der Waals surface area contributed by atoms with Gasteiger partial charge in [0.25, 0.3) is 0 Å². The summed E-state index contributed by atoms with van der Waals surface area (Å²) in [5.41, 5.74) is 3.65. The first-order valence-electron chi connectivity index (χ1n) is 8.64. The molecule has 0 aliphatic heterocycles. The van der Waals surface area contributed by atoms with Crippen molar-refractivity contribution in [2.24, 2.45) is 0 Å². The van der Waals surface area contributed by atoms with E-state index in [2.05, 4.69) is 0 Å². The van der Waals surface area contributed by atoms with Gasteiger partial charge in [0.2, 0.25) is 0 Å². The van der Waals surface area contributed by atoms with Crippen LogP contribution in [0.15, 0.2) is 84.9 Å². The van der Waals surface area contributed by atoms with Gasteiger partial charge in [-0.15, -0.1) is 0 Å². The predicted molar refractivity (Wildman–Crippen MR) is 115 cm³/mol. The molecular weight excluding hydrogens is 472 g/mol. The van der Waals surface area contributed by atoms with Gasteiger partial charge in [0, 0.05) is 11.1 Å². The van der Waals surface area contributed by atoms with Crippen LogP contribution in [0.3, 0.4) is 0 Å². The maximum Gasteiger partial charge on any atom is 0.172 e. The van der Waals surface area contributed by atoms with Crippen molar-refractivity contribution in [1.82, 2.24) is 0 Å². The fraction of sp³-hybridized carbons (Fsp3) is 0. The van der Waals surface area contributed by atoms with Gasteiger partial charge in [-0.2, -0.15) is 0 Å². The number of rotatable bonds is 3. The molecule has 0 nitrogen and oxygen atoms in total. The summed E-state index contributed by atoms with van der Waals surface area (Å²) in [5.74, 6) is -2.59. The van der Waals surface area contributed by atoms with Crippen LogP contribution in [-0.4, -0.2) is 0 Å². The van der Waals surface area contributed by atoms with Crippen LogP contribution < -0.4 is 0 Å². The van der Waals surface area contributed by atoms with Crippen molar-refractivity contribution in [3.05, 3.63) is 106 Å². The third-order valence-corrected chi connectivity index (χ3v) is 5.45. The first kappa shape index (κ1) is 18.7. The molecule has 0 saturated carbocycles. The molecule has 4 aromatic carbocycles. The number of hydrogen-bond donors (Lipinski definition) is 0. The number of benzene rings is 4. The second-order valence-corrected chi connectivity index (χ2v) is 7.52. The highest BCUT2D eigenvalue weighted by Gasteiger charge is 2.16. The molecule has 0 saturated heterocycles. The summed E-state index contributed by atoms with van der Waals surface area (Å²) in [6.45, 7) is 0. The van der Waals surface area contributed by atoms with Gasteiger partial charge in [-0.1, -0.05) is 72.8 Å². The quantitative estimate of drug-likeness (QED) is 0.206. The fourth-order valence-electron chi connectivity index (χ4n) is 3.13. The second-order valence-electron chi connectivity index (χ2n) is 6.36. The van der Waals surface area contributed by atoms with E-state index in [1.807, 2.05) is 54.6 Å². The zero-order valence-corrected chi connectivity index (χ0v) is 16.8. The van der Waals surface area contributed by atoms with Crippen LogP contribution in [0.2, 0.25) is 0 Å². The monoisotopic (exact) mass is 486 g/mol. The molecule has 0 radical (unpaired) electrons. The Balaban J connectivity index is 1.68. The van der Waals surface area contributed by atoms with Crippen molar-refractivity contribution < 1.29 is 13.2 Å². The topological polar surface area (TPSA) is 0 Å². The van der Waals surface area contributed by atoms with E-state index in [0.717, 1.165) is 16.7 Å². The highest BCUT2D eigenvalue weighted by Crippen LogP contribution is 2.32. The van der Waals surface area contributed by atoms with E-state index in [0.29, 0.717) is 5.56 Å². The van der Waals surface area contributed by atoms with Gasteiger partial charge >= 0.3 is 0 Å². The smallest absolute Gasteiger partial charge is 0.172 e. The van der Waals surface area contributed by atoms with Crippen LogP contribution in [0.1, 0.15) is 0 Å². The number of halogens is 4. The van der Waals surface area contributed by atoms with E-state index < -0.39 is 17.5 Å². The molecule has 28 heavy (non-hydrogen) atoms. The molecule has 0 bridgehead atoms. The van der Waals surface area contributed by atoms with Gasteiger partial charge in [-0.3, -0.25) is 0 Å². The molecule has 4 rings (SSSR count). The fourth-order valence-corrected chi connectivity index (χ4v) is 3.55. The lowest BCUT2D eigenvalue weighted by Crippen LogP contribution is -1.95. The third kappa shape index (κ3) is 3.56. The molecule has 138 valence electrons. The van der Waals surface area contributed by atoms with Crippen LogP contribution in [0.25, 0.3) is 33.4 Å². The minimum atomic E-state index is -1.04. The van der Waals surface area contributed by atoms with Gasteiger partial charge in [0.1, 0.15) is 5.82 Å². The van der Waals surface area contributed by atoms with Crippen molar-refractivity contribution in [1.29, 1.82) is 0 Å². The Morgan fingerprint density at radius 3 is 1.68 bits per heavy atom. The van der Waals surface area contributed by atoms with Crippen molar-refractivity contribution in [3.8, 4) is 33.4 Å². The van der Waals surface area contributed by atoms with E-state index in [4.69, 9.17) is 0 Å². The Hall–Kier alpha value is -2.60. The molecule has 0 atom stereocenters. The Morgan fingerprint density at radius 2 is 1.04 bits per heavy atom. The first-order valence-corrected chi connectivity index (χ1v) is 9.72. The molecular formula is C24H14F3I. The van der Waals surface area contributed by atoms with Crippen LogP contribution >= 0.6 is 22.6 Å². The van der Waals surface area contributed by atoms with E-state index in [-0.39, 0.29) is 14.7 Å². The number of hydrogen-bond acceptors (Lipinski definition) is 0. The van der Waals surface area contributed by atoms with Gasteiger partial charge in [-0.05, 0) is 57.0 Å². The van der Waals surface area contributed by atoms with Crippen molar-refractivity contribution in [2.75, 3.05) is 0 Å². The third-order valence-electron chi connectivity index (χ3n) is 4.62. The summed E-state index contributed by atoms with van der Waals surface area (Å²) < 4.78 is 42.9. The summed E-state index contributed by atoms with van der Waals surface area (Å²) >= 11 is 1.71. The first-order chi connectivity index (χ1) is 13.5. The lowest BCUT2D eigenvalue weighted by Gasteiger charge is -2.10. The Bertz CT molecular complexity index is 1140. The van der Waals surface area contributed by atoms with Gasteiger partial charge in [0.05, 0.1) is 3.57 Å². The molecule has 0 fully saturated rings. The zero-order chi connectivity index (χ0) is 19.7. The average molecular weight is 486 g/mol. The maximum atomic E-state index is 14.7. The SMILES string of the molecule is Fc1cc(-c2ccc(-c3ccccc3)cc2)ccc1-c1ccc(I)c(F)c1F. The standard InChI is InChI=1S/C24H14F3I/c25-21-14-18(10-11-19(21)20-12-13-22(28)24(27)23(20)26)17-8-6-16(7-9-17)15-4-2-1-3-5-15/h1-14H. The van der Waals surface area contributed by atoms with E-state index in [1.165, 1.54) is 24.3 Å². The Morgan fingerprint density at radius 1 is 0.500 bits per heavy atom. The lowest BCUT2D eigenvalue weighted by molar-refractivity contribution is 0.505. The van der Waals surface area contributed by atoms with E-state index >= 15 is 0 Å². The predicted octanol–water partition coefficient (Wildman–Crippen LogP) is 7.71. The van der Waals surface area contributed by atoms with E-state index in [9.17, 15) is 13.2 Å². The van der Waals surface area contributed by atoms with Crippen LogP contribution in [-0.2, 0) is 0 Å².